The number of nitrogens with one attached hydrogen (secondary N) is 1. The van der Waals surface area contributed by atoms with E-state index in [1.165, 1.54) is 0 Å². The molecule has 3 aromatic rings. The highest BCUT2D eigenvalue weighted by atomic mass is 32.2. The molecule has 1 unspecified atom stereocenters. The van der Waals surface area contributed by atoms with E-state index in [4.69, 9.17) is 0 Å². The van der Waals surface area contributed by atoms with Crippen molar-refractivity contribution in [2.24, 2.45) is 0 Å². The average molecular weight is 368 g/mol. The van der Waals surface area contributed by atoms with Gasteiger partial charge in [-0.25, -0.2) is 8.42 Å². The normalized spacial score (nSPS) is 18.9. The van der Waals surface area contributed by atoms with Gasteiger partial charge in [-0.1, -0.05) is 18.2 Å². The lowest BCUT2D eigenvalue weighted by molar-refractivity contribution is 0.271. The van der Waals surface area contributed by atoms with Gasteiger partial charge in [0.25, 0.3) is 0 Å². The first-order valence-corrected chi connectivity index (χ1v) is 9.99. The zero-order valence-electron chi connectivity index (χ0n) is 14.5. The number of aryl methyl sites for hydroxylation is 1. The predicted octanol–water partition coefficient (Wildman–Crippen LogP) is 2.27. The molecule has 0 bridgehead atoms. The molecule has 1 N–H and O–H groups in total. The molecule has 1 aromatic carbocycles. The summed E-state index contributed by atoms with van der Waals surface area (Å²) in [5.41, 5.74) is 2.40. The van der Waals surface area contributed by atoms with Gasteiger partial charge in [0.1, 0.15) is 4.90 Å². The molecule has 26 heavy (non-hydrogen) atoms. The van der Waals surface area contributed by atoms with Crippen LogP contribution in [0.4, 0.5) is 0 Å². The summed E-state index contributed by atoms with van der Waals surface area (Å²) in [6.45, 7) is 3.53. The summed E-state index contributed by atoms with van der Waals surface area (Å²) >= 11 is 0. The first kappa shape index (κ1) is 17.1. The van der Waals surface area contributed by atoms with E-state index < -0.39 is 10.0 Å². The number of sulfonamides is 1. The highest BCUT2D eigenvalue weighted by Gasteiger charge is 2.35. The molecule has 0 radical (unpaired) electrons. The third kappa shape index (κ3) is 2.98. The Labute approximate surface area is 152 Å². The lowest BCUT2D eigenvalue weighted by atomic mass is 10.1. The summed E-state index contributed by atoms with van der Waals surface area (Å²) in [6, 6.07) is 10.7. The van der Waals surface area contributed by atoms with Gasteiger partial charge >= 0.3 is 0 Å². The van der Waals surface area contributed by atoms with Crippen molar-refractivity contribution in [3.63, 3.8) is 0 Å². The van der Waals surface area contributed by atoms with Crippen LogP contribution < -0.4 is 5.32 Å². The van der Waals surface area contributed by atoms with Crippen molar-refractivity contribution in [1.82, 2.24) is 19.6 Å². The van der Waals surface area contributed by atoms with Gasteiger partial charge in [-0.05, 0) is 36.2 Å². The molecule has 1 aliphatic rings. The zero-order chi connectivity index (χ0) is 18.1. The summed E-state index contributed by atoms with van der Waals surface area (Å²) < 4.78 is 28.6. The van der Waals surface area contributed by atoms with Crippen molar-refractivity contribution in [3.8, 4) is 0 Å². The summed E-state index contributed by atoms with van der Waals surface area (Å²) in [7, 11) is -3.70. The molecule has 0 amide bonds. The number of hydrogen-bond acceptors (Lipinski definition) is 5. The van der Waals surface area contributed by atoms with Crippen molar-refractivity contribution in [2.75, 3.05) is 19.6 Å². The number of rotatable bonds is 3. The van der Waals surface area contributed by atoms with Crippen molar-refractivity contribution < 1.29 is 8.42 Å². The Balaban J connectivity index is 1.83. The molecule has 7 heteroatoms. The van der Waals surface area contributed by atoms with E-state index >= 15 is 0 Å². The van der Waals surface area contributed by atoms with E-state index in [0.717, 1.165) is 16.5 Å². The third-order valence-electron chi connectivity index (χ3n) is 4.66. The van der Waals surface area contributed by atoms with Crippen molar-refractivity contribution in [2.45, 2.75) is 17.9 Å². The van der Waals surface area contributed by atoms with E-state index in [0.29, 0.717) is 25.2 Å². The zero-order valence-corrected chi connectivity index (χ0v) is 15.3. The lowest BCUT2D eigenvalue weighted by Crippen LogP contribution is -2.48. The van der Waals surface area contributed by atoms with Crippen LogP contribution in [0, 0.1) is 6.92 Å². The number of benzene rings is 1. The largest absolute Gasteiger partial charge is 0.313 e. The Morgan fingerprint density at radius 1 is 1.19 bits per heavy atom. The van der Waals surface area contributed by atoms with Crippen LogP contribution in [0.3, 0.4) is 0 Å². The SMILES string of the molecule is Cc1cnc2c(S(=O)(=O)N3CCNCC3c3cccnc3)cccc2c1. The maximum Gasteiger partial charge on any atom is 0.245 e. The van der Waals surface area contributed by atoms with Crippen LogP contribution in [0.25, 0.3) is 10.9 Å². The van der Waals surface area contributed by atoms with Gasteiger partial charge in [0.2, 0.25) is 10.0 Å². The highest BCUT2D eigenvalue weighted by Crippen LogP contribution is 2.31. The third-order valence-corrected chi connectivity index (χ3v) is 6.60. The van der Waals surface area contributed by atoms with Crippen LogP contribution in [0.5, 0.6) is 0 Å². The van der Waals surface area contributed by atoms with Crippen molar-refractivity contribution >= 4 is 20.9 Å². The van der Waals surface area contributed by atoms with Crippen LogP contribution in [0.2, 0.25) is 0 Å². The first-order chi connectivity index (χ1) is 12.6. The number of fused-ring (bicyclic) bond motifs is 1. The molecule has 2 aromatic heterocycles. The van der Waals surface area contributed by atoms with Gasteiger partial charge in [0.15, 0.2) is 0 Å². The quantitative estimate of drug-likeness (QED) is 0.768. The summed E-state index contributed by atoms with van der Waals surface area (Å²) in [5.74, 6) is 0. The number of piperazine rings is 1. The van der Waals surface area contributed by atoms with Crippen LogP contribution in [-0.4, -0.2) is 42.3 Å². The number of para-hydroxylation sites is 1. The number of hydrogen-bond donors (Lipinski definition) is 1. The highest BCUT2D eigenvalue weighted by molar-refractivity contribution is 7.89. The van der Waals surface area contributed by atoms with E-state index in [9.17, 15) is 8.42 Å². The second-order valence-corrected chi connectivity index (χ2v) is 8.32. The van der Waals surface area contributed by atoms with Gasteiger partial charge in [0, 0.05) is 43.6 Å². The number of pyridine rings is 2. The molecule has 0 saturated carbocycles. The number of aromatic nitrogens is 2. The predicted molar refractivity (Wildman–Crippen MR) is 100 cm³/mol. The lowest BCUT2D eigenvalue weighted by Gasteiger charge is -2.35. The topological polar surface area (TPSA) is 75.2 Å². The molecule has 3 heterocycles. The van der Waals surface area contributed by atoms with E-state index in [-0.39, 0.29) is 10.9 Å². The molecular formula is C19H20N4O2S. The van der Waals surface area contributed by atoms with Crippen LogP contribution in [0.15, 0.2) is 59.9 Å². The van der Waals surface area contributed by atoms with Gasteiger partial charge in [-0.2, -0.15) is 4.31 Å². The van der Waals surface area contributed by atoms with E-state index in [1.807, 2.05) is 31.2 Å². The first-order valence-electron chi connectivity index (χ1n) is 8.55. The van der Waals surface area contributed by atoms with Crippen molar-refractivity contribution in [1.29, 1.82) is 0 Å². The molecule has 1 atom stereocenters. The smallest absolute Gasteiger partial charge is 0.245 e. The molecule has 0 spiro atoms. The molecule has 1 fully saturated rings. The second kappa shape index (κ2) is 6.75. The monoisotopic (exact) mass is 368 g/mol. The summed E-state index contributed by atoms with van der Waals surface area (Å²) in [4.78, 5) is 8.81. The van der Waals surface area contributed by atoms with Crippen LogP contribution in [0.1, 0.15) is 17.2 Å². The van der Waals surface area contributed by atoms with E-state index in [1.54, 1.807) is 35.0 Å². The Hall–Kier alpha value is -2.35. The molecule has 134 valence electrons. The van der Waals surface area contributed by atoms with Crippen LogP contribution in [-0.2, 0) is 10.0 Å². The minimum atomic E-state index is -3.70. The molecular weight excluding hydrogens is 348 g/mol. The molecule has 4 rings (SSSR count). The molecule has 1 saturated heterocycles. The Kier molecular flexibility index (Phi) is 4.44. The minimum Gasteiger partial charge on any atom is -0.313 e. The van der Waals surface area contributed by atoms with Crippen LogP contribution >= 0.6 is 0 Å². The molecule has 6 nitrogen and oxygen atoms in total. The van der Waals surface area contributed by atoms with Crippen molar-refractivity contribution in [3.05, 3.63) is 66.1 Å². The fraction of sp³-hybridized carbons (Fsp3) is 0.263. The molecule has 0 aliphatic carbocycles. The maximum absolute atomic E-state index is 13.5. The molecule has 1 aliphatic heterocycles. The Morgan fingerprint density at radius 2 is 2.08 bits per heavy atom. The fourth-order valence-electron chi connectivity index (χ4n) is 3.41. The average Bonchev–Trinajstić information content (AvgIpc) is 2.68. The van der Waals surface area contributed by atoms with E-state index in [2.05, 4.69) is 15.3 Å². The van der Waals surface area contributed by atoms with Gasteiger partial charge in [-0.3, -0.25) is 9.97 Å². The fourth-order valence-corrected chi connectivity index (χ4v) is 5.19. The number of nitrogens with zero attached hydrogens (tertiary/aromatic N) is 3. The standard InChI is InChI=1S/C19H20N4O2S/c1-14-10-15-4-2-6-18(19(15)22-11-14)26(24,25)23-9-8-21-13-17(23)16-5-3-7-20-12-16/h2-7,10-12,17,21H,8-9,13H2,1H3. The summed E-state index contributed by atoms with van der Waals surface area (Å²) in [6.07, 6.45) is 5.12. The Bertz CT molecular complexity index is 1040. The van der Waals surface area contributed by atoms with Gasteiger partial charge < -0.3 is 5.32 Å². The van der Waals surface area contributed by atoms with Gasteiger partial charge in [0.05, 0.1) is 11.6 Å². The summed E-state index contributed by atoms with van der Waals surface area (Å²) in [5, 5.41) is 4.11. The minimum absolute atomic E-state index is 0.255. The Morgan fingerprint density at radius 3 is 2.88 bits per heavy atom. The maximum atomic E-state index is 13.5. The second-order valence-electron chi connectivity index (χ2n) is 6.46. The van der Waals surface area contributed by atoms with Gasteiger partial charge in [-0.15, -0.1) is 0 Å².